The van der Waals surface area contributed by atoms with Gasteiger partial charge in [0, 0.05) is 17.8 Å². The molecule has 0 bridgehead atoms. The molecule has 0 aliphatic heterocycles. The van der Waals surface area contributed by atoms with E-state index < -0.39 is 35.0 Å². The molecule has 0 heterocycles. The third-order valence-electron chi connectivity index (χ3n) is 2.69. The van der Waals surface area contributed by atoms with Crippen LogP contribution in [-0.2, 0) is 5.67 Å². The Hall–Kier alpha value is -1.87. The molecule has 1 rings (SSSR count). The highest BCUT2D eigenvalue weighted by atomic mass is 19.4. The molecule has 1 aromatic rings. The van der Waals surface area contributed by atoms with Crippen molar-refractivity contribution < 1.29 is 40.2 Å². The minimum Gasteiger partial charge on any atom is -0.497 e. The fourth-order valence-electron chi connectivity index (χ4n) is 1.70. The molecule has 0 spiro atoms. The summed E-state index contributed by atoms with van der Waals surface area (Å²) in [4.78, 5) is 0. The van der Waals surface area contributed by atoms with Crippen LogP contribution >= 0.6 is 0 Å². The van der Waals surface area contributed by atoms with Crippen LogP contribution < -0.4 is 15.2 Å². The number of nitrogens with two attached hydrogens (primary N) is 1. The lowest BCUT2D eigenvalue weighted by Gasteiger charge is -2.32. The Bertz CT molecular complexity index is 511. The standard InChI is InChI=1S/C11H10F7NO2/c1-20-5-3-6(19)8(7(4-5)21-2)9(12,10(13,14)15)11(16,17)18/h3-4H,19H2,1-2H3. The Morgan fingerprint density at radius 3 is 1.67 bits per heavy atom. The first kappa shape index (κ1) is 17.2. The Labute approximate surface area is 114 Å². The summed E-state index contributed by atoms with van der Waals surface area (Å²) in [5.74, 6) is -1.20. The van der Waals surface area contributed by atoms with Crippen molar-refractivity contribution in [1.82, 2.24) is 0 Å². The maximum absolute atomic E-state index is 14.0. The van der Waals surface area contributed by atoms with Gasteiger partial charge < -0.3 is 15.2 Å². The highest BCUT2D eigenvalue weighted by Gasteiger charge is 2.75. The topological polar surface area (TPSA) is 44.5 Å². The summed E-state index contributed by atoms with van der Waals surface area (Å²) < 4.78 is 99.4. The molecule has 2 N–H and O–H groups in total. The molecule has 0 unspecified atom stereocenters. The minimum absolute atomic E-state index is 0.181. The van der Waals surface area contributed by atoms with Crippen LogP contribution in [0.25, 0.3) is 0 Å². The summed E-state index contributed by atoms with van der Waals surface area (Å²) in [7, 11) is 1.88. The molecular formula is C11H10F7NO2. The number of alkyl halides is 7. The zero-order valence-electron chi connectivity index (χ0n) is 10.7. The normalized spacial score (nSPS) is 13.2. The molecule has 0 amide bonds. The fourth-order valence-corrected chi connectivity index (χ4v) is 1.70. The van der Waals surface area contributed by atoms with Crippen LogP contribution in [0, 0.1) is 0 Å². The third-order valence-corrected chi connectivity index (χ3v) is 2.69. The third kappa shape index (κ3) is 2.66. The maximum Gasteiger partial charge on any atom is 0.436 e. The lowest BCUT2D eigenvalue weighted by atomic mass is 9.91. The van der Waals surface area contributed by atoms with E-state index >= 15 is 0 Å². The molecule has 0 atom stereocenters. The number of benzene rings is 1. The van der Waals surface area contributed by atoms with Gasteiger partial charge in [-0.1, -0.05) is 0 Å². The first-order valence-electron chi connectivity index (χ1n) is 5.24. The second-order valence-corrected chi connectivity index (χ2v) is 3.95. The molecule has 10 heteroatoms. The van der Waals surface area contributed by atoms with Crippen molar-refractivity contribution in [2.45, 2.75) is 18.0 Å². The van der Waals surface area contributed by atoms with Crippen LogP contribution in [0.15, 0.2) is 12.1 Å². The molecule has 1 aromatic carbocycles. The molecule has 3 nitrogen and oxygen atoms in total. The van der Waals surface area contributed by atoms with Gasteiger partial charge in [0.2, 0.25) is 0 Å². The van der Waals surface area contributed by atoms with Crippen molar-refractivity contribution in [1.29, 1.82) is 0 Å². The summed E-state index contributed by atoms with van der Waals surface area (Å²) in [5.41, 5.74) is -3.46. The van der Waals surface area contributed by atoms with Gasteiger partial charge in [0.25, 0.3) is 0 Å². The second kappa shape index (κ2) is 5.15. The van der Waals surface area contributed by atoms with Crippen molar-refractivity contribution >= 4 is 5.69 Å². The van der Waals surface area contributed by atoms with E-state index in [-0.39, 0.29) is 5.75 Å². The second-order valence-electron chi connectivity index (χ2n) is 3.95. The smallest absolute Gasteiger partial charge is 0.436 e. The SMILES string of the molecule is COc1cc(N)c(C(F)(C(F)(F)F)C(F)(F)F)c(OC)c1. The Balaban J connectivity index is 3.76. The van der Waals surface area contributed by atoms with Gasteiger partial charge >= 0.3 is 18.0 Å². The molecule has 0 aliphatic rings. The average Bonchev–Trinajstić information content (AvgIpc) is 2.34. The van der Waals surface area contributed by atoms with Crippen LogP contribution in [0.5, 0.6) is 11.5 Å². The highest BCUT2D eigenvalue weighted by Crippen LogP contribution is 2.57. The number of halogens is 7. The van der Waals surface area contributed by atoms with Crippen molar-refractivity contribution in [3.8, 4) is 11.5 Å². The summed E-state index contributed by atoms with van der Waals surface area (Å²) in [6, 6.07) is 1.32. The van der Waals surface area contributed by atoms with Crippen LogP contribution in [-0.4, -0.2) is 26.6 Å². The van der Waals surface area contributed by atoms with Gasteiger partial charge in [-0.3, -0.25) is 0 Å². The monoisotopic (exact) mass is 321 g/mol. The predicted molar refractivity (Wildman–Crippen MR) is 58.9 cm³/mol. The largest absolute Gasteiger partial charge is 0.497 e. The van der Waals surface area contributed by atoms with Crippen molar-refractivity contribution in [2.24, 2.45) is 0 Å². The van der Waals surface area contributed by atoms with Crippen molar-refractivity contribution in [3.05, 3.63) is 17.7 Å². The van der Waals surface area contributed by atoms with Gasteiger partial charge in [0.1, 0.15) is 11.5 Å². The number of anilines is 1. The molecule has 0 fully saturated rings. The molecule has 0 aromatic heterocycles. The molecule has 0 saturated heterocycles. The van der Waals surface area contributed by atoms with E-state index in [2.05, 4.69) is 9.47 Å². The number of nitrogen functional groups attached to an aromatic ring is 1. The van der Waals surface area contributed by atoms with Crippen LogP contribution in [0.2, 0.25) is 0 Å². The van der Waals surface area contributed by atoms with Crippen molar-refractivity contribution in [3.63, 3.8) is 0 Å². The molecule has 120 valence electrons. The van der Waals surface area contributed by atoms with Gasteiger partial charge in [0.15, 0.2) is 0 Å². The number of methoxy groups -OCH3 is 2. The Morgan fingerprint density at radius 1 is 0.857 bits per heavy atom. The average molecular weight is 321 g/mol. The summed E-state index contributed by atoms with van der Waals surface area (Å²) in [6.45, 7) is 0. The first-order chi connectivity index (χ1) is 9.40. The van der Waals surface area contributed by atoms with E-state index in [9.17, 15) is 30.7 Å². The van der Waals surface area contributed by atoms with E-state index in [4.69, 9.17) is 5.73 Å². The lowest BCUT2D eigenvalue weighted by molar-refractivity contribution is -0.348. The van der Waals surface area contributed by atoms with Crippen LogP contribution in [0.1, 0.15) is 5.56 Å². The summed E-state index contributed by atoms with van der Waals surface area (Å²) in [6.07, 6.45) is -12.6. The molecular weight excluding hydrogens is 311 g/mol. The quantitative estimate of drug-likeness (QED) is 0.684. The predicted octanol–water partition coefficient (Wildman–Crippen LogP) is 3.58. The fraction of sp³-hybridized carbons (Fsp3) is 0.455. The molecule has 0 saturated carbocycles. The molecule has 21 heavy (non-hydrogen) atoms. The number of hydrogen-bond acceptors (Lipinski definition) is 3. The van der Waals surface area contributed by atoms with E-state index in [1.807, 2.05) is 0 Å². The highest BCUT2D eigenvalue weighted by molar-refractivity contribution is 5.62. The minimum atomic E-state index is -6.28. The number of hydrogen-bond donors (Lipinski definition) is 1. The van der Waals surface area contributed by atoms with E-state index in [0.29, 0.717) is 12.1 Å². The molecule has 0 aliphatic carbocycles. The maximum atomic E-state index is 14.0. The summed E-state index contributed by atoms with van der Waals surface area (Å²) in [5, 5.41) is 0. The van der Waals surface area contributed by atoms with Crippen LogP contribution in [0.4, 0.5) is 36.4 Å². The van der Waals surface area contributed by atoms with E-state index in [1.54, 1.807) is 0 Å². The van der Waals surface area contributed by atoms with Gasteiger partial charge in [-0.2, -0.15) is 26.3 Å². The number of ether oxygens (including phenoxy) is 2. The Kier molecular flexibility index (Phi) is 4.22. The number of rotatable bonds is 3. The van der Waals surface area contributed by atoms with Gasteiger partial charge in [-0.15, -0.1) is 0 Å². The van der Waals surface area contributed by atoms with Gasteiger partial charge in [-0.05, 0) is 0 Å². The zero-order valence-corrected chi connectivity index (χ0v) is 10.7. The Morgan fingerprint density at radius 2 is 1.33 bits per heavy atom. The van der Waals surface area contributed by atoms with E-state index in [0.717, 1.165) is 14.2 Å². The summed E-state index contributed by atoms with van der Waals surface area (Å²) >= 11 is 0. The van der Waals surface area contributed by atoms with Gasteiger partial charge in [-0.25, -0.2) is 4.39 Å². The molecule has 0 radical (unpaired) electrons. The van der Waals surface area contributed by atoms with E-state index in [1.165, 1.54) is 0 Å². The van der Waals surface area contributed by atoms with Crippen LogP contribution in [0.3, 0.4) is 0 Å². The first-order valence-corrected chi connectivity index (χ1v) is 5.24. The lowest BCUT2D eigenvalue weighted by Crippen LogP contribution is -2.51. The van der Waals surface area contributed by atoms with Crippen molar-refractivity contribution in [2.75, 3.05) is 20.0 Å². The van der Waals surface area contributed by atoms with Gasteiger partial charge in [0.05, 0.1) is 19.8 Å². The zero-order chi connectivity index (χ0) is 16.6.